The van der Waals surface area contributed by atoms with Crippen molar-refractivity contribution in [3.63, 3.8) is 0 Å². The van der Waals surface area contributed by atoms with E-state index in [0.717, 1.165) is 0 Å². The van der Waals surface area contributed by atoms with Gasteiger partial charge in [0, 0.05) is 13.5 Å². The highest BCUT2D eigenvalue weighted by Crippen LogP contribution is 2.17. The summed E-state index contributed by atoms with van der Waals surface area (Å²) in [6.45, 7) is 0. The molecule has 0 saturated heterocycles. The second kappa shape index (κ2) is 8.21. The highest BCUT2D eigenvalue weighted by Gasteiger charge is 2.26. The van der Waals surface area contributed by atoms with Crippen LogP contribution in [0.3, 0.4) is 0 Å². The Labute approximate surface area is 139 Å². The lowest BCUT2D eigenvalue weighted by Crippen LogP contribution is -2.47. The number of methoxy groups -OCH3 is 1. The van der Waals surface area contributed by atoms with Gasteiger partial charge in [0.2, 0.25) is 5.91 Å². The minimum absolute atomic E-state index is 0.0288. The number of nitrogens with one attached hydrogen (secondary N) is 1. The van der Waals surface area contributed by atoms with Gasteiger partial charge in [0.15, 0.2) is 6.10 Å². The summed E-state index contributed by atoms with van der Waals surface area (Å²) in [6.07, 6.45) is -0.910. The van der Waals surface area contributed by atoms with Crippen molar-refractivity contribution in [2.45, 2.75) is 18.6 Å². The Hall–Kier alpha value is -2.73. The number of hydrogen-bond donors (Lipinski definition) is 2. The second-order valence-electron chi connectivity index (χ2n) is 5.29. The zero-order valence-corrected chi connectivity index (χ0v) is 13.2. The van der Waals surface area contributed by atoms with Gasteiger partial charge in [-0.25, -0.2) is 4.39 Å². The van der Waals surface area contributed by atoms with Crippen molar-refractivity contribution in [1.82, 2.24) is 5.32 Å². The topological polar surface area (TPSA) is 81.4 Å². The van der Waals surface area contributed by atoms with Crippen molar-refractivity contribution < 1.29 is 18.7 Å². The molecule has 0 spiro atoms. The first-order valence-corrected chi connectivity index (χ1v) is 7.43. The second-order valence-corrected chi connectivity index (χ2v) is 5.29. The maximum absolute atomic E-state index is 13.8. The maximum atomic E-state index is 13.8. The van der Waals surface area contributed by atoms with Crippen molar-refractivity contribution in [3.8, 4) is 0 Å². The monoisotopic (exact) mass is 330 g/mol. The van der Waals surface area contributed by atoms with Gasteiger partial charge in [-0.15, -0.1) is 0 Å². The standard InChI is InChI=1S/C18H19FN2O3/c1-24-16(12-7-3-2-4-8-12)18(23)21-15(17(20)22)11-13-9-5-6-10-14(13)19/h2-10,15-16H,11H2,1H3,(H2,20,22)(H,21,23)/t15-,16-/m0/s1. The number of primary amides is 1. The Kier molecular flexibility index (Phi) is 6.03. The molecule has 2 aromatic carbocycles. The molecule has 2 aromatic rings. The minimum atomic E-state index is -1.03. The molecule has 0 aliphatic rings. The van der Waals surface area contributed by atoms with Gasteiger partial charge >= 0.3 is 0 Å². The molecule has 0 aliphatic carbocycles. The predicted molar refractivity (Wildman–Crippen MR) is 87.4 cm³/mol. The fourth-order valence-corrected chi connectivity index (χ4v) is 2.38. The molecule has 126 valence electrons. The summed E-state index contributed by atoms with van der Waals surface area (Å²) in [5, 5.41) is 2.54. The number of amides is 2. The Balaban J connectivity index is 2.13. The van der Waals surface area contributed by atoms with E-state index in [1.807, 2.05) is 6.07 Å². The number of hydrogen-bond acceptors (Lipinski definition) is 3. The molecule has 0 aliphatic heterocycles. The van der Waals surface area contributed by atoms with E-state index in [-0.39, 0.29) is 6.42 Å². The largest absolute Gasteiger partial charge is 0.368 e. The zero-order valence-electron chi connectivity index (χ0n) is 13.2. The van der Waals surface area contributed by atoms with Crippen molar-refractivity contribution in [1.29, 1.82) is 0 Å². The summed E-state index contributed by atoms with van der Waals surface area (Å²) in [6, 6.07) is 13.9. The highest BCUT2D eigenvalue weighted by atomic mass is 19.1. The third-order valence-electron chi connectivity index (χ3n) is 3.62. The van der Waals surface area contributed by atoms with Gasteiger partial charge in [-0.3, -0.25) is 9.59 Å². The zero-order chi connectivity index (χ0) is 17.5. The van der Waals surface area contributed by atoms with Crippen LogP contribution >= 0.6 is 0 Å². The average Bonchev–Trinajstić information content (AvgIpc) is 2.57. The molecule has 0 heterocycles. The number of rotatable bonds is 7. The van der Waals surface area contributed by atoms with Gasteiger partial charge in [0.1, 0.15) is 11.9 Å². The van der Waals surface area contributed by atoms with Crippen LogP contribution in [0, 0.1) is 5.82 Å². The quantitative estimate of drug-likeness (QED) is 0.811. The Morgan fingerprint density at radius 2 is 1.75 bits per heavy atom. The van der Waals surface area contributed by atoms with E-state index in [1.54, 1.807) is 42.5 Å². The van der Waals surface area contributed by atoms with Crippen LogP contribution in [0.2, 0.25) is 0 Å². The van der Waals surface area contributed by atoms with Gasteiger partial charge in [-0.05, 0) is 17.2 Å². The van der Waals surface area contributed by atoms with Crippen LogP contribution < -0.4 is 11.1 Å². The first-order valence-electron chi connectivity index (χ1n) is 7.43. The molecule has 0 unspecified atom stereocenters. The summed E-state index contributed by atoms with van der Waals surface area (Å²) >= 11 is 0. The third-order valence-corrected chi connectivity index (χ3v) is 3.62. The van der Waals surface area contributed by atoms with Gasteiger partial charge in [0.05, 0.1) is 0 Å². The van der Waals surface area contributed by atoms with Crippen molar-refractivity contribution in [2.75, 3.05) is 7.11 Å². The normalized spacial score (nSPS) is 13.1. The summed E-state index contributed by atoms with van der Waals surface area (Å²) in [7, 11) is 1.40. The molecule has 5 nitrogen and oxygen atoms in total. The molecule has 2 atom stereocenters. The molecular formula is C18H19FN2O3. The maximum Gasteiger partial charge on any atom is 0.254 e. The van der Waals surface area contributed by atoms with Crippen LogP contribution in [0.15, 0.2) is 54.6 Å². The number of ether oxygens (including phenoxy) is 1. The van der Waals surface area contributed by atoms with Gasteiger partial charge in [0.25, 0.3) is 5.91 Å². The smallest absolute Gasteiger partial charge is 0.254 e. The van der Waals surface area contributed by atoms with Crippen LogP contribution in [0.25, 0.3) is 0 Å². The van der Waals surface area contributed by atoms with Crippen LogP contribution in [0.5, 0.6) is 0 Å². The Morgan fingerprint density at radius 1 is 1.12 bits per heavy atom. The summed E-state index contributed by atoms with van der Waals surface area (Å²) in [5.74, 6) is -1.71. The van der Waals surface area contributed by atoms with E-state index in [1.165, 1.54) is 13.2 Å². The van der Waals surface area contributed by atoms with Crippen molar-refractivity contribution in [2.24, 2.45) is 5.73 Å². The molecule has 6 heteroatoms. The van der Waals surface area contributed by atoms with E-state index in [2.05, 4.69) is 5.32 Å². The van der Waals surface area contributed by atoms with Crippen LogP contribution in [-0.4, -0.2) is 25.0 Å². The lowest BCUT2D eigenvalue weighted by atomic mass is 10.0. The van der Waals surface area contributed by atoms with Crippen molar-refractivity contribution in [3.05, 3.63) is 71.5 Å². The molecule has 0 saturated carbocycles. The lowest BCUT2D eigenvalue weighted by molar-refractivity contribution is -0.134. The molecule has 24 heavy (non-hydrogen) atoms. The van der Waals surface area contributed by atoms with E-state index in [9.17, 15) is 14.0 Å². The van der Waals surface area contributed by atoms with Crippen LogP contribution in [-0.2, 0) is 20.7 Å². The predicted octanol–water partition coefficient (Wildman–Crippen LogP) is 1.73. The molecule has 2 amide bonds. The molecule has 0 aromatic heterocycles. The number of nitrogens with two attached hydrogens (primary N) is 1. The SMILES string of the molecule is CO[C@H](C(=O)N[C@@H](Cc1ccccc1F)C(N)=O)c1ccccc1. The number of carbonyl (C=O) groups is 2. The molecule has 0 fully saturated rings. The highest BCUT2D eigenvalue weighted by molar-refractivity contribution is 5.89. The van der Waals surface area contributed by atoms with E-state index < -0.39 is 29.8 Å². The number of halogens is 1. The molecule has 3 N–H and O–H groups in total. The molecule has 0 radical (unpaired) electrons. The van der Waals surface area contributed by atoms with Crippen LogP contribution in [0.4, 0.5) is 4.39 Å². The minimum Gasteiger partial charge on any atom is -0.368 e. The number of carbonyl (C=O) groups excluding carboxylic acids is 2. The first kappa shape index (κ1) is 17.6. The lowest BCUT2D eigenvalue weighted by Gasteiger charge is -2.20. The molecule has 2 rings (SSSR count). The molecule has 0 bridgehead atoms. The van der Waals surface area contributed by atoms with E-state index in [4.69, 9.17) is 10.5 Å². The average molecular weight is 330 g/mol. The Morgan fingerprint density at radius 3 is 2.33 bits per heavy atom. The summed E-state index contributed by atoms with van der Waals surface area (Å²) in [4.78, 5) is 24.1. The molecular weight excluding hydrogens is 311 g/mol. The van der Waals surface area contributed by atoms with E-state index >= 15 is 0 Å². The fraction of sp³-hybridized carbons (Fsp3) is 0.222. The Bertz CT molecular complexity index is 706. The third kappa shape index (κ3) is 4.39. The van der Waals surface area contributed by atoms with Gasteiger partial charge < -0.3 is 15.8 Å². The van der Waals surface area contributed by atoms with Crippen molar-refractivity contribution >= 4 is 11.8 Å². The van der Waals surface area contributed by atoms with E-state index in [0.29, 0.717) is 11.1 Å². The van der Waals surface area contributed by atoms with Gasteiger partial charge in [-0.2, -0.15) is 0 Å². The summed E-state index contributed by atoms with van der Waals surface area (Å²) in [5.41, 5.74) is 6.29. The first-order chi connectivity index (χ1) is 11.5. The van der Waals surface area contributed by atoms with Crippen LogP contribution in [0.1, 0.15) is 17.2 Å². The summed E-state index contributed by atoms with van der Waals surface area (Å²) < 4.78 is 19.0. The van der Waals surface area contributed by atoms with Gasteiger partial charge in [-0.1, -0.05) is 48.5 Å². The number of benzene rings is 2. The fourth-order valence-electron chi connectivity index (χ4n) is 2.38.